The summed E-state index contributed by atoms with van der Waals surface area (Å²) in [4.78, 5) is 0.314. The zero-order valence-electron chi connectivity index (χ0n) is 13.4. The molecule has 1 aromatic rings. The first-order valence-corrected chi connectivity index (χ1v) is 8.92. The monoisotopic (exact) mass is 310 g/mol. The van der Waals surface area contributed by atoms with Crippen molar-refractivity contribution in [2.75, 3.05) is 18.8 Å². The Morgan fingerprint density at radius 1 is 1.14 bits per heavy atom. The molecule has 1 fully saturated rings. The third kappa shape index (κ3) is 3.58. The maximum absolute atomic E-state index is 12.7. The summed E-state index contributed by atoms with van der Waals surface area (Å²) in [6.07, 6.45) is 1.84. The van der Waals surface area contributed by atoms with Gasteiger partial charge in [0.05, 0.1) is 4.90 Å². The summed E-state index contributed by atoms with van der Waals surface area (Å²) in [5.74, 6) is 0.575. The van der Waals surface area contributed by atoms with E-state index in [1.54, 1.807) is 22.5 Å². The van der Waals surface area contributed by atoms with E-state index in [0.717, 1.165) is 18.4 Å². The van der Waals surface area contributed by atoms with Crippen molar-refractivity contribution in [2.24, 2.45) is 11.3 Å². The van der Waals surface area contributed by atoms with E-state index in [1.807, 2.05) is 6.92 Å². The van der Waals surface area contributed by atoms with Crippen molar-refractivity contribution >= 4 is 15.7 Å². The topological polar surface area (TPSA) is 63.4 Å². The Labute approximate surface area is 128 Å². The quantitative estimate of drug-likeness (QED) is 0.854. The van der Waals surface area contributed by atoms with E-state index in [9.17, 15) is 8.42 Å². The zero-order chi connectivity index (χ0) is 15.8. The van der Waals surface area contributed by atoms with Crippen molar-refractivity contribution in [3.63, 3.8) is 0 Å². The van der Waals surface area contributed by atoms with Crippen LogP contribution < -0.4 is 5.73 Å². The highest BCUT2D eigenvalue weighted by Gasteiger charge is 2.34. The zero-order valence-corrected chi connectivity index (χ0v) is 14.2. The molecule has 0 aliphatic carbocycles. The molecule has 21 heavy (non-hydrogen) atoms. The van der Waals surface area contributed by atoms with Crippen LogP contribution in [0.25, 0.3) is 0 Å². The van der Waals surface area contributed by atoms with Crippen molar-refractivity contribution in [3.8, 4) is 0 Å². The third-order valence-corrected chi connectivity index (χ3v) is 6.27. The number of aryl methyl sites for hydroxylation is 1. The normalized spacial score (nSPS) is 18.9. The van der Waals surface area contributed by atoms with Crippen LogP contribution in [0.5, 0.6) is 0 Å². The minimum Gasteiger partial charge on any atom is -0.399 e. The predicted molar refractivity (Wildman–Crippen MR) is 86.5 cm³/mol. The van der Waals surface area contributed by atoms with Gasteiger partial charge in [-0.15, -0.1) is 0 Å². The molecule has 1 aromatic carbocycles. The van der Waals surface area contributed by atoms with Gasteiger partial charge in [0.15, 0.2) is 0 Å². The van der Waals surface area contributed by atoms with E-state index < -0.39 is 10.0 Å². The molecule has 1 heterocycles. The number of benzene rings is 1. The van der Waals surface area contributed by atoms with Crippen molar-refractivity contribution in [1.82, 2.24) is 4.31 Å². The number of nitrogens with zero attached hydrogens (tertiary/aromatic N) is 1. The molecule has 0 amide bonds. The highest BCUT2D eigenvalue weighted by Crippen LogP contribution is 2.35. The van der Waals surface area contributed by atoms with Gasteiger partial charge in [-0.25, -0.2) is 8.42 Å². The smallest absolute Gasteiger partial charge is 0.243 e. The molecule has 4 nitrogen and oxygen atoms in total. The van der Waals surface area contributed by atoms with Gasteiger partial charge in [0, 0.05) is 18.8 Å². The number of nitrogens with two attached hydrogens (primary N) is 1. The van der Waals surface area contributed by atoms with E-state index >= 15 is 0 Å². The number of nitrogen functional groups attached to an aromatic ring is 1. The molecule has 2 rings (SSSR count). The standard InChI is InChI=1S/C16H26N2O2S/c1-12-9-14(17)11-15(10-12)21(19,20)18-7-5-13(6-8-18)16(2,3)4/h9-11,13H,5-8,17H2,1-4H3. The first-order valence-electron chi connectivity index (χ1n) is 7.48. The van der Waals surface area contributed by atoms with Crippen molar-refractivity contribution in [1.29, 1.82) is 0 Å². The van der Waals surface area contributed by atoms with Crippen molar-refractivity contribution in [3.05, 3.63) is 23.8 Å². The Hall–Kier alpha value is -1.07. The Morgan fingerprint density at radius 2 is 1.71 bits per heavy atom. The lowest BCUT2D eigenvalue weighted by atomic mass is 9.76. The second kappa shape index (κ2) is 5.61. The van der Waals surface area contributed by atoms with Crippen LogP contribution in [0, 0.1) is 18.3 Å². The predicted octanol–water partition coefficient (Wildman–Crippen LogP) is 3.02. The van der Waals surface area contributed by atoms with E-state index in [4.69, 9.17) is 5.73 Å². The molecule has 2 N–H and O–H groups in total. The van der Waals surface area contributed by atoms with E-state index in [0.29, 0.717) is 29.6 Å². The molecule has 0 aromatic heterocycles. The lowest BCUT2D eigenvalue weighted by molar-refractivity contribution is 0.154. The highest BCUT2D eigenvalue weighted by molar-refractivity contribution is 7.89. The first-order chi connectivity index (χ1) is 9.60. The van der Waals surface area contributed by atoms with Gasteiger partial charge in [-0.05, 0) is 54.9 Å². The van der Waals surface area contributed by atoms with Gasteiger partial charge >= 0.3 is 0 Å². The molecule has 1 saturated heterocycles. The van der Waals surface area contributed by atoms with Gasteiger partial charge in [-0.2, -0.15) is 4.31 Å². The van der Waals surface area contributed by atoms with Crippen LogP contribution in [0.2, 0.25) is 0 Å². The highest BCUT2D eigenvalue weighted by atomic mass is 32.2. The van der Waals surface area contributed by atoms with E-state index in [1.165, 1.54) is 0 Å². The molecular weight excluding hydrogens is 284 g/mol. The van der Waals surface area contributed by atoms with Crippen LogP contribution in [-0.2, 0) is 10.0 Å². The fraction of sp³-hybridized carbons (Fsp3) is 0.625. The second-order valence-electron chi connectivity index (χ2n) is 7.12. The Kier molecular flexibility index (Phi) is 4.36. The van der Waals surface area contributed by atoms with Crippen LogP contribution >= 0.6 is 0 Å². The molecule has 0 saturated carbocycles. The average Bonchev–Trinajstić information content (AvgIpc) is 2.36. The summed E-state index contributed by atoms with van der Waals surface area (Å²) in [6.45, 7) is 9.73. The van der Waals surface area contributed by atoms with Crippen LogP contribution in [0.3, 0.4) is 0 Å². The molecule has 0 bridgehead atoms. The Bertz CT molecular complexity index is 589. The minimum absolute atomic E-state index is 0.240. The summed E-state index contributed by atoms with van der Waals surface area (Å²) in [7, 11) is -3.42. The fourth-order valence-corrected chi connectivity index (χ4v) is 4.65. The van der Waals surface area contributed by atoms with E-state index in [-0.39, 0.29) is 5.41 Å². The first kappa shape index (κ1) is 16.3. The molecule has 5 heteroatoms. The molecule has 0 radical (unpaired) electrons. The Balaban J connectivity index is 2.19. The number of rotatable bonds is 2. The van der Waals surface area contributed by atoms with Crippen LogP contribution in [-0.4, -0.2) is 25.8 Å². The van der Waals surface area contributed by atoms with E-state index in [2.05, 4.69) is 20.8 Å². The van der Waals surface area contributed by atoms with Crippen LogP contribution in [0.4, 0.5) is 5.69 Å². The summed E-state index contributed by atoms with van der Waals surface area (Å²) in [6, 6.07) is 5.03. The minimum atomic E-state index is -3.42. The number of hydrogen-bond donors (Lipinski definition) is 1. The number of piperidine rings is 1. The fourth-order valence-electron chi connectivity index (χ4n) is 3.04. The molecular formula is C16H26N2O2S. The number of sulfonamides is 1. The van der Waals surface area contributed by atoms with Crippen LogP contribution in [0.15, 0.2) is 23.1 Å². The van der Waals surface area contributed by atoms with Gasteiger partial charge in [-0.1, -0.05) is 20.8 Å². The summed E-state index contributed by atoms with van der Waals surface area (Å²) in [5, 5.41) is 0. The molecule has 0 unspecified atom stereocenters. The molecule has 118 valence electrons. The van der Waals surface area contributed by atoms with Crippen molar-refractivity contribution < 1.29 is 8.42 Å². The second-order valence-corrected chi connectivity index (χ2v) is 9.06. The SMILES string of the molecule is Cc1cc(N)cc(S(=O)(=O)N2CCC(C(C)(C)C)CC2)c1. The molecule has 0 atom stereocenters. The van der Waals surface area contributed by atoms with Crippen molar-refractivity contribution in [2.45, 2.75) is 45.4 Å². The molecule has 0 spiro atoms. The maximum Gasteiger partial charge on any atom is 0.243 e. The lowest BCUT2D eigenvalue weighted by Gasteiger charge is -2.38. The van der Waals surface area contributed by atoms with Gasteiger partial charge < -0.3 is 5.73 Å². The molecule has 1 aliphatic rings. The maximum atomic E-state index is 12.7. The average molecular weight is 310 g/mol. The number of hydrogen-bond acceptors (Lipinski definition) is 3. The molecule has 1 aliphatic heterocycles. The lowest BCUT2D eigenvalue weighted by Crippen LogP contribution is -2.41. The van der Waals surface area contributed by atoms with Crippen LogP contribution in [0.1, 0.15) is 39.2 Å². The van der Waals surface area contributed by atoms with Gasteiger partial charge in [0.1, 0.15) is 0 Å². The van der Waals surface area contributed by atoms with Gasteiger partial charge in [0.2, 0.25) is 10.0 Å². The Morgan fingerprint density at radius 3 is 2.19 bits per heavy atom. The summed E-state index contributed by atoms with van der Waals surface area (Å²) < 4.78 is 27.0. The summed E-state index contributed by atoms with van der Waals surface area (Å²) in [5.41, 5.74) is 7.39. The van der Waals surface area contributed by atoms with Gasteiger partial charge in [-0.3, -0.25) is 0 Å². The largest absolute Gasteiger partial charge is 0.399 e. The number of anilines is 1. The van der Waals surface area contributed by atoms with Gasteiger partial charge in [0.25, 0.3) is 0 Å². The third-order valence-electron chi connectivity index (χ3n) is 4.39. The summed E-state index contributed by atoms with van der Waals surface area (Å²) >= 11 is 0.